The van der Waals surface area contributed by atoms with Gasteiger partial charge in [0.1, 0.15) is 5.15 Å². The molecule has 0 saturated carbocycles. The number of hydrogen-bond acceptors (Lipinski definition) is 2. The van der Waals surface area contributed by atoms with Gasteiger partial charge in [-0.2, -0.15) is 0 Å². The van der Waals surface area contributed by atoms with Crippen molar-refractivity contribution in [1.29, 1.82) is 0 Å². The summed E-state index contributed by atoms with van der Waals surface area (Å²) in [6.45, 7) is 5.60. The van der Waals surface area contributed by atoms with Gasteiger partial charge in [0.25, 0.3) is 0 Å². The second-order valence-corrected chi connectivity index (χ2v) is 3.38. The topological polar surface area (TPSA) is 38.9 Å². The molecule has 0 aliphatic rings. The van der Waals surface area contributed by atoms with E-state index in [2.05, 4.69) is 11.6 Å². The number of halogens is 1. The van der Waals surface area contributed by atoms with Gasteiger partial charge >= 0.3 is 0 Å². The largest absolute Gasteiger partial charge is 0.324 e. The summed E-state index contributed by atoms with van der Waals surface area (Å²) in [4.78, 5) is 4.03. The molecule has 70 valence electrons. The Kier molecular flexibility index (Phi) is 3.46. The zero-order valence-corrected chi connectivity index (χ0v) is 8.38. The third kappa shape index (κ3) is 2.54. The zero-order valence-electron chi connectivity index (χ0n) is 7.63. The molecule has 0 unspecified atom stereocenters. The van der Waals surface area contributed by atoms with Gasteiger partial charge in [-0.15, -0.1) is 6.58 Å². The molecule has 1 rings (SSSR count). The Morgan fingerprint density at radius 3 is 3.08 bits per heavy atom. The van der Waals surface area contributed by atoms with Gasteiger partial charge in [0.05, 0.1) is 0 Å². The van der Waals surface area contributed by atoms with Crippen molar-refractivity contribution >= 4 is 11.6 Å². The molecule has 0 fully saturated rings. The van der Waals surface area contributed by atoms with Crippen LogP contribution in [0.5, 0.6) is 0 Å². The standard InChI is InChI=1S/C10H13ClN2/c1-3-4-9(12)8-5-7(2)6-13-10(8)11/h3,5-6,9H,1,4,12H2,2H3/t9-/m0/s1. The highest BCUT2D eigenvalue weighted by molar-refractivity contribution is 6.30. The van der Waals surface area contributed by atoms with Crippen LogP contribution in [0, 0.1) is 6.92 Å². The van der Waals surface area contributed by atoms with Crippen molar-refractivity contribution in [3.63, 3.8) is 0 Å². The molecule has 1 atom stereocenters. The molecule has 0 aromatic carbocycles. The fraction of sp³-hybridized carbons (Fsp3) is 0.300. The van der Waals surface area contributed by atoms with Gasteiger partial charge in [0.2, 0.25) is 0 Å². The number of rotatable bonds is 3. The van der Waals surface area contributed by atoms with Crippen LogP contribution in [0.3, 0.4) is 0 Å². The summed E-state index contributed by atoms with van der Waals surface area (Å²) in [7, 11) is 0. The van der Waals surface area contributed by atoms with Crippen LogP contribution in [0.15, 0.2) is 24.9 Å². The van der Waals surface area contributed by atoms with E-state index in [0.29, 0.717) is 11.6 Å². The Morgan fingerprint density at radius 2 is 2.46 bits per heavy atom. The van der Waals surface area contributed by atoms with Crippen molar-refractivity contribution in [3.05, 3.63) is 41.2 Å². The van der Waals surface area contributed by atoms with Crippen LogP contribution in [-0.2, 0) is 0 Å². The minimum absolute atomic E-state index is 0.0996. The molecule has 1 aromatic heterocycles. The fourth-order valence-electron chi connectivity index (χ4n) is 1.14. The van der Waals surface area contributed by atoms with E-state index < -0.39 is 0 Å². The lowest BCUT2D eigenvalue weighted by Crippen LogP contribution is -2.10. The summed E-state index contributed by atoms with van der Waals surface area (Å²) < 4.78 is 0. The summed E-state index contributed by atoms with van der Waals surface area (Å²) in [6.07, 6.45) is 4.22. The summed E-state index contributed by atoms with van der Waals surface area (Å²) in [6, 6.07) is 1.86. The van der Waals surface area contributed by atoms with E-state index in [9.17, 15) is 0 Å². The molecule has 2 nitrogen and oxygen atoms in total. The monoisotopic (exact) mass is 196 g/mol. The molecule has 1 heterocycles. The molecule has 0 amide bonds. The first-order chi connectivity index (χ1) is 6.15. The minimum Gasteiger partial charge on any atom is -0.324 e. The molecule has 0 radical (unpaired) electrons. The van der Waals surface area contributed by atoms with Crippen molar-refractivity contribution < 1.29 is 0 Å². The van der Waals surface area contributed by atoms with Crippen LogP contribution < -0.4 is 5.73 Å². The lowest BCUT2D eigenvalue weighted by Gasteiger charge is -2.11. The van der Waals surface area contributed by atoms with Gasteiger partial charge in [0.15, 0.2) is 0 Å². The van der Waals surface area contributed by atoms with E-state index in [1.807, 2.05) is 13.0 Å². The molecule has 13 heavy (non-hydrogen) atoms. The molecular weight excluding hydrogens is 184 g/mol. The third-order valence-electron chi connectivity index (χ3n) is 1.82. The fourth-order valence-corrected chi connectivity index (χ4v) is 1.39. The van der Waals surface area contributed by atoms with Crippen LogP contribution in [-0.4, -0.2) is 4.98 Å². The number of hydrogen-bond donors (Lipinski definition) is 1. The molecule has 0 bridgehead atoms. The van der Waals surface area contributed by atoms with Gasteiger partial charge < -0.3 is 5.73 Å². The van der Waals surface area contributed by atoms with Crippen LogP contribution in [0.4, 0.5) is 0 Å². The molecule has 1 aromatic rings. The highest BCUT2D eigenvalue weighted by Gasteiger charge is 2.09. The first-order valence-electron chi connectivity index (χ1n) is 4.13. The Hall–Kier alpha value is -0.860. The molecular formula is C10H13ClN2. The third-order valence-corrected chi connectivity index (χ3v) is 2.14. The van der Waals surface area contributed by atoms with Crippen molar-refractivity contribution in [2.45, 2.75) is 19.4 Å². The molecule has 0 spiro atoms. The number of nitrogens with zero attached hydrogens (tertiary/aromatic N) is 1. The number of aromatic nitrogens is 1. The normalized spacial score (nSPS) is 12.5. The Labute approximate surface area is 83.4 Å². The number of aryl methyl sites for hydroxylation is 1. The Morgan fingerprint density at radius 1 is 1.77 bits per heavy atom. The average Bonchev–Trinajstić information content (AvgIpc) is 2.09. The molecule has 3 heteroatoms. The zero-order chi connectivity index (χ0) is 9.84. The SMILES string of the molecule is C=CC[C@H](N)c1cc(C)cnc1Cl. The maximum atomic E-state index is 5.90. The molecule has 2 N–H and O–H groups in total. The lowest BCUT2D eigenvalue weighted by molar-refractivity contribution is 0.736. The van der Waals surface area contributed by atoms with Gasteiger partial charge in [-0.25, -0.2) is 4.98 Å². The van der Waals surface area contributed by atoms with Gasteiger partial charge in [0, 0.05) is 17.8 Å². The first kappa shape index (κ1) is 10.2. The van der Waals surface area contributed by atoms with E-state index in [4.69, 9.17) is 17.3 Å². The van der Waals surface area contributed by atoms with Crippen molar-refractivity contribution in [1.82, 2.24) is 4.98 Å². The van der Waals surface area contributed by atoms with Crippen LogP contribution in [0.25, 0.3) is 0 Å². The van der Waals surface area contributed by atoms with Crippen LogP contribution in [0.1, 0.15) is 23.6 Å². The van der Waals surface area contributed by atoms with Crippen molar-refractivity contribution in [3.8, 4) is 0 Å². The summed E-state index contributed by atoms with van der Waals surface area (Å²) in [5.74, 6) is 0. The highest BCUT2D eigenvalue weighted by atomic mass is 35.5. The van der Waals surface area contributed by atoms with E-state index in [0.717, 1.165) is 11.1 Å². The summed E-state index contributed by atoms with van der Waals surface area (Å²) in [5.41, 5.74) is 7.84. The smallest absolute Gasteiger partial charge is 0.133 e. The predicted molar refractivity (Wildman–Crippen MR) is 55.7 cm³/mol. The predicted octanol–water partition coefficient (Wildman–Crippen LogP) is 2.62. The van der Waals surface area contributed by atoms with E-state index in [1.54, 1.807) is 12.3 Å². The van der Waals surface area contributed by atoms with E-state index in [-0.39, 0.29) is 6.04 Å². The van der Waals surface area contributed by atoms with Crippen molar-refractivity contribution in [2.75, 3.05) is 0 Å². The minimum atomic E-state index is -0.0996. The van der Waals surface area contributed by atoms with E-state index >= 15 is 0 Å². The van der Waals surface area contributed by atoms with Crippen molar-refractivity contribution in [2.24, 2.45) is 5.73 Å². The summed E-state index contributed by atoms with van der Waals surface area (Å²) in [5, 5.41) is 0.486. The van der Waals surface area contributed by atoms with Gasteiger partial charge in [-0.05, 0) is 25.0 Å². The quantitative estimate of drug-likeness (QED) is 0.596. The molecule has 0 saturated heterocycles. The van der Waals surface area contributed by atoms with Crippen LogP contribution in [0.2, 0.25) is 5.15 Å². The Bertz CT molecular complexity index is 310. The summed E-state index contributed by atoms with van der Waals surface area (Å²) >= 11 is 5.90. The maximum Gasteiger partial charge on any atom is 0.133 e. The van der Waals surface area contributed by atoms with Crippen LogP contribution >= 0.6 is 11.6 Å². The Balaban J connectivity index is 2.97. The van der Waals surface area contributed by atoms with Gasteiger partial charge in [-0.3, -0.25) is 0 Å². The first-order valence-corrected chi connectivity index (χ1v) is 4.51. The highest BCUT2D eigenvalue weighted by Crippen LogP contribution is 2.22. The molecule has 0 aliphatic heterocycles. The lowest BCUT2D eigenvalue weighted by atomic mass is 10.1. The maximum absolute atomic E-state index is 5.90. The van der Waals surface area contributed by atoms with Gasteiger partial charge in [-0.1, -0.05) is 17.7 Å². The number of nitrogens with two attached hydrogens (primary N) is 1. The van der Waals surface area contributed by atoms with E-state index in [1.165, 1.54) is 0 Å². The second kappa shape index (κ2) is 4.40. The number of pyridine rings is 1. The second-order valence-electron chi connectivity index (χ2n) is 3.02. The molecule has 0 aliphatic carbocycles. The average molecular weight is 197 g/mol.